The molecule has 3 aromatic rings. The number of hydrogen-bond donors (Lipinski definition) is 1. The SMILES string of the molecule is O=C(COC(=O)CCC(=O)c1ccc(Cl)s1)Nc1cccc2nsnc12. The second-order valence-electron chi connectivity index (χ2n) is 5.17. The van der Waals surface area contributed by atoms with Crippen molar-refractivity contribution in [3.63, 3.8) is 0 Å². The van der Waals surface area contributed by atoms with Gasteiger partial charge in [-0.1, -0.05) is 17.7 Å². The first-order valence-corrected chi connectivity index (χ1v) is 9.40. The third-order valence-electron chi connectivity index (χ3n) is 3.33. The molecule has 1 aromatic carbocycles. The molecule has 0 saturated carbocycles. The Morgan fingerprint density at radius 2 is 1.96 bits per heavy atom. The Balaban J connectivity index is 1.44. The van der Waals surface area contributed by atoms with Crippen molar-refractivity contribution in [3.05, 3.63) is 39.5 Å². The van der Waals surface area contributed by atoms with E-state index in [0.29, 0.717) is 25.9 Å². The predicted molar refractivity (Wildman–Crippen MR) is 99.9 cm³/mol. The molecule has 26 heavy (non-hydrogen) atoms. The number of aromatic nitrogens is 2. The number of nitrogens with one attached hydrogen (secondary N) is 1. The van der Waals surface area contributed by atoms with Crippen LogP contribution in [0.1, 0.15) is 22.5 Å². The topological polar surface area (TPSA) is 98.2 Å². The summed E-state index contributed by atoms with van der Waals surface area (Å²) in [5.74, 6) is -1.30. The highest BCUT2D eigenvalue weighted by atomic mass is 35.5. The first-order valence-electron chi connectivity index (χ1n) is 7.48. The summed E-state index contributed by atoms with van der Waals surface area (Å²) in [6.07, 6.45) is -0.103. The number of nitrogens with zero attached hydrogens (tertiary/aromatic N) is 2. The molecule has 134 valence electrons. The number of carbonyl (C=O) groups is 3. The molecule has 0 saturated heterocycles. The first kappa shape index (κ1) is 18.4. The summed E-state index contributed by atoms with van der Waals surface area (Å²) in [4.78, 5) is 36.0. The molecule has 0 radical (unpaired) electrons. The van der Waals surface area contributed by atoms with Gasteiger partial charge in [0.25, 0.3) is 5.91 Å². The van der Waals surface area contributed by atoms with Gasteiger partial charge in [0.05, 0.1) is 33.0 Å². The highest BCUT2D eigenvalue weighted by molar-refractivity contribution is 7.18. The normalized spacial score (nSPS) is 10.7. The quantitative estimate of drug-likeness (QED) is 0.473. The molecule has 10 heteroatoms. The summed E-state index contributed by atoms with van der Waals surface area (Å²) < 4.78 is 13.6. The molecule has 7 nitrogen and oxygen atoms in total. The van der Waals surface area contributed by atoms with Gasteiger partial charge in [-0.2, -0.15) is 8.75 Å². The van der Waals surface area contributed by atoms with Crippen LogP contribution in [0.2, 0.25) is 4.34 Å². The van der Waals surface area contributed by atoms with E-state index in [2.05, 4.69) is 14.1 Å². The summed E-state index contributed by atoms with van der Waals surface area (Å²) >= 11 is 7.97. The van der Waals surface area contributed by atoms with Gasteiger partial charge in [-0.25, -0.2) is 0 Å². The van der Waals surface area contributed by atoms with Gasteiger partial charge in [0.15, 0.2) is 12.4 Å². The second-order valence-corrected chi connectivity index (χ2v) is 7.42. The van der Waals surface area contributed by atoms with Crippen LogP contribution >= 0.6 is 34.7 Å². The van der Waals surface area contributed by atoms with Gasteiger partial charge in [0.1, 0.15) is 11.0 Å². The molecule has 0 aliphatic rings. The minimum absolute atomic E-state index is 0.00109. The van der Waals surface area contributed by atoms with Crippen LogP contribution in [0.15, 0.2) is 30.3 Å². The summed E-state index contributed by atoms with van der Waals surface area (Å²) in [5.41, 5.74) is 1.76. The number of Topliss-reactive ketones (excluding diaryl/α,β-unsaturated/α-hetero) is 1. The Hall–Kier alpha value is -2.36. The standard InChI is InChI=1S/C16H12ClN3O4S2/c17-13-6-5-12(25-13)11(21)4-7-15(23)24-8-14(22)18-9-2-1-3-10-16(9)20-26-19-10/h1-3,5-6H,4,7-8H2,(H,18,22). The monoisotopic (exact) mass is 409 g/mol. The number of anilines is 1. The first-order chi connectivity index (χ1) is 12.5. The van der Waals surface area contributed by atoms with Crippen LogP contribution in [0.5, 0.6) is 0 Å². The van der Waals surface area contributed by atoms with Crippen LogP contribution in [-0.4, -0.2) is 33.0 Å². The van der Waals surface area contributed by atoms with Gasteiger partial charge < -0.3 is 10.1 Å². The zero-order valence-corrected chi connectivity index (χ0v) is 15.6. The number of fused-ring (bicyclic) bond motifs is 1. The van der Waals surface area contributed by atoms with E-state index in [1.807, 2.05) is 0 Å². The van der Waals surface area contributed by atoms with Gasteiger partial charge in [0.2, 0.25) is 0 Å². The Morgan fingerprint density at radius 3 is 2.73 bits per heavy atom. The average molecular weight is 410 g/mol. The number of ketones is 1. The van der Waals surface area contributed by atoms with Crippen molar-refractivity contribution >= 4 is 69.0 Å². The predicted octanol–water partition coefficient (Wildman–Crippen LogP) is 3.55. The lowest BCUT2D eigenvalue weighted by molar-refractivity contribution is -0.147. The van der Waals surface area contributed by atoms with Gasteiger partial charge >= 0.3 is 5.97 Å². The Kier molecular flexibility index (Phi) is 5.92. The number of hydrogen-bond acceptors (Lipinski definition) is 8. The van der Waals surface area contributed by atoms with Crippen LogP contribution in [0.3, 0.4) is 0 Å². The zero-order valence-electron chi connectivity index (χ0n) is 13.2. The van der Waals surface area contributed by atoms with Crippen molar-refractivity contribution in [2.45, 2.75) is 12.8 Å². The molecule has 0 unspecified atom stereocenters. The molecule has 3 rings (SSSR count). The van der Waals surface area contributed by atoms with Crippen LogP contribution < -0.4 is 5.32 Å². The number of halogens is 1. The van der Waals surface area contributed by atoms with E-state index >= 15 is 0 Å². The summed E-state index contributed by atoms with van der Waals surface area (Å²) in [7, 11) is 0. The van der Waals surface area contributed by atoms with Crippen LogP contribution in [-0.2, 0) is 14.3 Å². The zero-order chi connectivity index (χ0) is 18.5. The van der Waals surface area contributed by atoms with Crippen molar-refractivity contribution in [1.29, 1.82) is 0 Å². The number of amides is 1. The minimum atomic E-state index is -0.621. The number of esters is 1. The maximum atomic E-state index is 11.9. The number of carbonyl (C=O) groups excluding carboxylic acids is 3. The van der Waals surface area contributed by atoms with Gasteiger partial charge in [-0.05, 0) is 24.3 Å². The Morgan fingerprint density at radius 1 is 1.12 bits per heavy atom. The number of ether oxygens (including phenoxy) is 1. The summed E-state index contributed by atoms with van der Waals surface area (Å²) in [6.45, 7) is -0.439. The van der Waals surface area contributed by atoms with Crippen LogP contribution in [0, 0.1) is 0 Å². The van der Waals surface area contributed by atoms with Crippen molar-refractivity contribution in [2.24, 2.45) is 0 Å². The largest absolute Gasteiger partial charge is 0.456 e. The highest BCUT2D eigenvalue weighted by Crippen LogP contribution is 2.23. The van der Waals surface area contributed by atoms with Crippen molar-refractivity contribution in [3.8, 4) is 0 Å². The molecule has 0 aliphatic carbocycles. The molecule has 0 spiro atoms. The van der Waals surface area contributed by atoms with Gasteiger partial charge in [0, 0.05) is 6.42 Å². The average Bonchev–Trinajstić information content (AvgIpc) is 3.27. The minimum Gasteiger partial charge on any atom is -0.456 e. The van der Waals surface area contributed by atoms with Crippen molar-refractivity contribution in [1.82, 2.24) is 8.75 Å². The van der Waals surface area contributed by atoms with E-state index in [9.17, 15) is 14.4 Å². The molecule has 0 fully saturated rings. The van der Waals surface area contributed by atoms with E-state index < -0.39 is 18.5 Å². The van der Waals surface area contributed by atoms with E-state index in [4.69, 9.17) is 16.3 Å². The lowest BCUT2D eigenvalue weighted by Gasteiger charge is -2.06. The molecule has 1 N–H and O–H groups in total. The van der Waals surface area contributed by atoms with Crippen LogP contribution in [0.25, 0.3) is 11.0 Å². The summed E-state index contributed by atoms with van der Waals surface area (Å²) in [6, 6.07) is 8.46. The fraction of sp³-hybridized carbons (Fsp3) is 0.188. The van der Waals surface area contributed by atoms with E-state index in [1.54, 1.807) is 30.3 Å². The van der Waals surface area contributed by atoms with Crippen molar-refractivity contribution < 1.29 is 19.1 Å². The molecule has 0 aliphatic heterocycles. The molecule has 2 heterocycles. The molecule has 2 aromatic heterocycles. The smallest absolute Gasteiger partial charge is 0.306 e. The third kappa shape index (κ3) is 4.63. The maximum absolute atomic E-state index is 11.9. The molecule has 1 amide bonds. The van der Waals surface area contributed by atoms with Crippen LogP contribution in [0.4, 0.5) is 5.69 Å². The Bertz CT molecular complexity index is 969. The molecule has 0 atom stereocenters. The van der Waals surface area contributed by atoms with Gasteiger partial charge in [-0.3, -0.25) is 14.4 Å². The lowest BCUT2D eigenvalue weighted by Crippen LogP contribution is -2.21. The maximum Gasteiger partial charge on any atom is 0.306 e. The van der Waals surface area contributed by atoms with E-state index in [1.165, 1.54) is 0 Å². The third-order valence-corrected chi connectivity index (χ3v) is 5.14. The molecular weight excluding hydrogens is 398 g/mol. The molecular formula is C16H12ClN3O4S2. The van der Waals surface area contributed by atoms with E-state index in [0.717, 1.165) is 23.1 Å². The lowest BCUT2D eigenvalue weighted by atomic mass is 10.2. The number of rotatable bonds is 7. The summed E-state index contributed by atoms with van der Waals surface area (Å²) in [5, 5.41) is 2.63. The van der Waals surface area contributed by atoms with Crippen molar-refractivity contribution in [2.75, 3.05) is 11.9 Å². The molecule has 0 bridgehead atoms. The highest BCUT2D eigenvalue weighted by Gasteiger charge is 2.14. The fourth-order valence-corrected chi connectivity index (χ4v) is 3.67. The Labute approximate surface area is 161 Å². The fourth-order valence-electron chi connectivity index (χ4n) is 2.11. The van der Waals surface area contributed by atoms with Gasteiger partial charge in [-0.15, -0.1) is 11.3 Å². The van der Waals surface area contributed by atoms with E-state index in [-0.39, 0.29) is 18.6 Å². The number of thiophene rings is 1. The number of benzene rings is 1. The second kappa shape index (κ2) is 8.35.